The zero-order valence-corrected chi connectivity index (χ0v) is 12.0. The number of halogens is 2. The summed E-state index contributed by atoms with van der Waals surface area (Å²) in [6.07, 6.45) is 0.324. The fraction of sp³-hybridized carbons (Fsp3) is 0.600. The highest BCUT2D eigenvalue weighted by atomic mass is 19.2. The van der Waals surface area contributed by atoms with Crippen LogP contribution in [0.1, 0.15) is 33.3 Å². The third kappa shape index (κ3) is 4.55. The molecule has 0 spiro atoms. The Morgan fingerprint density at radius 2 is 1.84 bits per heavy atom. The Balaban J connectivity index is 2.81. The smallest absolute Gasteiger partial charge is 0.159 e. The van der Waals surface area contributed by atoms with Crippen molar-refractivity contribution < 1.29 is 13.5 Å². The van der Waals surface area contributed by atoms with Gasteiger partial charge in [-0.05, 0) is 36.5 Å². The van der Waals surface area contributed by atoms with Crippen LogP contribution in [0.3, 0.4) is 0 Å². The Morgan fingerprint density at radius 3 is 2.32 bits per heavy atom. The zero-order chi connectivity index (χ0) is 14.6. The Morgan fingerprint density at radius 1 is 1.21 bits per heavy atom. The van der Waals surface area contributed by atoms with E-state index in [1.165, 1.54) is 6.07 Å². The summed E-state index contributed by atoms with van der Waals surface area (Å²) in [5.41, 5.74) is 6.75. The zero-order valence-electron chi connectivity index (χ0n) is 12.0. The standard InChI is InChI=1S/C15H23F2NO/c1-5-19-14(15(2,3)4)13(18)9-10-6-7-11(16)12(17)8-10/h6-8,13-14H,5,9,18H2,1-4H3. The quantitative estimate of drug-likeness (QED) is 0.892. The van der Waals surface area contributed by atoms with Gasteiger partial charge in [0.25, 0.3) is 0 Å². The predicted octanol–water partition coefficient (Wildman–Crippen LogP) is 3.29. The molecule has 108 valence electrons. The first kappa shape index (κ1) is 16.1. The predicted molar refractivity (Wildman–Crippen MR) is 72.9 cm³/mol. The third-order valence-electron chi connectivity index (χ3n) is 3.04. The number of nitrogens with two attached hydrogens (primary N) is 1. The fourth-order valence-electron chi connectivity index (χ4n) is 2.24. The van der Waals surface area contributed by atoms with Crippen LogP contribution < -0.4 is 5.73 Å². The van der Waals surface area contributed by atoms with Crippen molar-refractivity contribution in [3.05, 3.63) is 35.4 Å². The van der Waals surface area contributed by atoms with Crippen molar-refractivity contribution in [2.24, 2.45) is 11.1 Å². The van der Waals surface area contributed by atoms with Gasteiger partial charge in [0.05, 0.1) is 6.10 Å². The van der Waals surface area contributed by atoms with Gasteiger partial charge in [0.1, 0.15) is 0 Å². The van der Waals surface area contributed by atoms with Crippen LogP contribution in [0.5, 0.6) is 0 Å². The maximum Gasteiger partial charge on any atom is 0.159 e. The van der Waals surface area contributed by atoms with E-state index in [2.05, 4.69) is 20.8 Å². The first-order valence-electron chi connectivity index (χ1n) is 6.56. The van der Waals surface area contributed by atoms with Crippen LogP contribution in [0.2, 0.25) is 0 Å². The van der Waals surface area contributed by atoms with Crippen LogP contribution in [0.4, 0.5) is 8.78 Å². The average Bonchev–Trinajstić information content (AvgIpc) is 2.29. The second-order valence-electron chi connectivity index (χ2n) is 5.86. The Kier molecular flexibility index (Phi) is 5.44. The molecule has 0 saturated heterocycles. The molecule has 2 nitrogen and oxygen atoms in total. The molecule has 0 amide bonds. The van der Waals surface area contributed by atoms with E-state index < -0.39 is 11.6 Å². The molecule has 0 saturated carbocycles. The van der Waals surface area contributed by atoms with E-state index in [-0.39, 0.29) is 17.6 Å². The molecule has 1 aromatic carbocycles. The molecule has 0 aromatic heterocycles. The largest absolute Gasteiger partial charge is 0.376 e. The van der Waals surface area contributed by atoms with Crippen molar-refractivity contribution in [1.82, 2.24) is 0 Å². The molecular weight excluding hydrogens is 248 g/mol. The van der Waals surface area contributed by atoms with E-state index in [1.54, 1.807) is 6.07 Å². The van der Waals surface area contributed by atoms with Crippen molar-refractivity contribution in [2.75, 3.05) is 6.61 Å². The van der Waals surface area contributed by atoms with Gasteiger partial charge in [0.2, 0.25) is 0 Å². The van der Waals surface area contributed by atoms with Gasteiger partial charge in [0.15, 0.2) is 11.6 Å². The lowest BCUT2D eigenvalue weighted by Gasteiger charge is -2.35. The molecule has 0 aliphatic heterocycles. The highest BCUT2D eigenvalue weighted by Gasteiger charge is 2.30. The number of rotatable bonds is 5. The molecule has 2 N–H and O–H groups in total. The summed E-state index contributed by atoms with van der Waals surface area (Å²) in [5.74, 6) is -1.68. The molecule has 0 radical (unpaired) electrons. The maximum absolute atomic E-state index is 13.2. The molecular formula is C15H23F2NO. The first-order chi connectivity index (χ1) is 8.75. The molecule has 4 heteroatoms. The Hall–Kier alpha value is -1.00. The highest BCUT2D eigenvalue weighted by molar-refractivity contribution is 5.19. The molecule has 0 heterocycles. The van der Waals surface area contributed by atoms with E-state index >= 15 is 0 Å². The molecule has 2 atom stereocenters. The van der Waals surface area contributed by atoms with Gasteiger partial charge in [-0.15, -0.1) is 0 Å². The summed E-state index contributed by atoms with van der Waals surface area (Å²) >= 11 is 0. The van der Waals surface area contributed by atoms with Gasteiger partial charge in [-0.25, -0.2) is 8.78 Å². The number of hydrogen-bond acceptors (Lipinski definition) is 2. The SMILES string of the molecule is CCOC(C(N)Cc1ccc(F)c(F)c1)C(C)(C)C. The third-order valence-corrected chi connectivity index (χ3v) is 3.04. The minimum absolute atomic E-state index is 0.103. The Bertz CT molecular complexity index is 415. The summed E-state index contributed by atoms with van der Waals surface area (Å²) < 4.78 is 31.7. The van der Waals surface area contributed by atoms with Gasteiger partial charge >= 0.3 is 0 Å². The summed E-state index contributed by atoms with van der Waals surface area (Å²) in [4.78, 5) is 0. The van der Waals surface area contributed by atoms with Crippen LogP contribution in [0, 0.1) is 17.0 Å². The molecule has 1 aromatic rings. The van der Waals surface area contributed by atoms with Gasteiger partial charge < -0.3 is 10.5 Å². The number of hydrogen-bond donors (Lipinski definition) is 1. The molecule has 0 bridgehead atoms. The van der Waals surface area contributed by atoms with Gasteiger partial charge in [0, 0.05) is 12.6 Å². The second-order valence-corrected chi connectivity index (χ2v) is 5.86. The van der Waals surface area contributed by atoms with Crippen molar-refractivity contribution in [2.45, 2.75) is 46.3 Å². The van der Waals surface area contributed by atoms with Gasteiger partial charge in [-0.3, -0.25) is 0 Å². The maximum atomic E-state index is 13.2. The van der Waals surface area contributed by atoms with Crippen LogP contribution in [-0.2, 0) is 11.2 Å². The van der Waals surface area contributed by atoms with Crippen LogP contribution >= 0.6 is 0 Å². The second kappa shape index (κ2) is 6.44. The van der Waals surface area contributed by atoms with Crippen LogP contribution in [-0.4, -0.2) is 18.8 Å². The van der Waals surface area contributed by atoms with Crippen molar-refractivity contribution in [1.29, 1.82) is 0 Å². The lowest BCUT2D eigenvalue weighted by molar-refractivity contribution is -0.0274. The highest BCUT2D eigenvalue weighted by Crippen LogP contribution is 2.26. The van der Waals surface area contributed by atoms with Gasteiger partial charge in [-0.2, -0.15) is 0 Å². The van der Waals surface area contributed by atoms with Crippen molar-refractivity contribution in [3.63, 3.8) is 0 Å². The van der Waals surface area contributed by atoms with E-state index in [1.807, 2.05) is 6.92 Å². The molecule has 0 aliphatic rings. The van der Waals surface area contributed by atoms with E-state index in [4.69, 9.17) is 10.5 Å². The molecule has 2 unspecified atom stereocenters. The normalized spacial score (nSPS) is 15.3. The van der Waals surface area contributed by atoms with E-state index in [9.17, 15) is 8.78 Å². The molecule has 0 fully saturated rings. The number of ether oxygens (including phenoxy) is 1. The molecule has 19 heavy (non-hydrogen) atoms. The summed E-state index contributed by atoms with van der Waals surface area (Å²) in [5, 5.41) is 0. The molecule has 1 rings (SSSR count). The minimum Gasteiger partial charge on any atom is -0.376 e. The summed E-state index contributed by atoms with van der Waals surface area (Å²) in [6, 6.07) is 3.62. The van der Waals surface area contributed by atoms with Crippen molar-refractivity contribution in [3.8, 4) is 0 Å². The first-order valence-corrected chi connectivity index (χ1v) is 6.56. The Labute approximate surface area is 114 Å². The van der Waals surface area contributed by atoms with E-state index in [0.29, 0.717) is 18.6 Å². The fourth-order valence-corrected chi connectivity index (χ4v) is 2.24. The monoisotopic (exact) mass is 271 g/mol. The molecule has 0 aliphatic carbocycles. The van der Waals surface area contributed by atoms with Crippen molar-refractivity contribution >= 4 is 0 Å². The van der Waals surface area contributed by atoms with E-state index in [0.717, 1.165) is 6.07 Å². The average molecular weight is 271 g/mol. The lowest BCUT2D eigenvalue weighted by atomic mass is 9.82. The summed E-state index contributed by atoms with van der Waals surface area (Å²) in [7, 11) is 0. The topological polar surface area (TPSA) is 35.2 Å². The lowest BCUT2D eigenvalue weighted by Crippen LogP contribution is -2.46. The minimum atomic E-state index is -0.839. The van der Waals surface area contributed by atoms with Crippen LogP contribution in [0.25, 0.3) is 0 Å². The summed E-state index contributed by atoms with van der Waals surface area (Å²) in [6.45, 7) is 8.66. The van der Waals surface area contributed by atoms with Crippen LogP contribution in [0.15, 0.2) is 18.2 Å². The number of benzene rings is 1. The van der Waals surface area contributed by atoms with Gasteiger partial charge in [-0.1, -0.05) is 26.8 Å².